The summed E-state index contributed by atoms with van der Waals surface area (Å²) in [7, 11) is 0. The number of aryl methyl sites for hydroxylation is 3. The molecule has 4 fully saturated rings. The van der Waals surface area contributed by atoms with Crippen molar-refractivity contribution in [2.75, 3.05) is 83.4 Å². The van der Waals surface area contributed by atoms with Gasteiger partial charge in [-0.05, 0) is 307 Å². The van der Waals surface area contributed by atoms with E-state index in [1.165, 1.54) is 53.2 Å². The molecule has 0 unspecified atom stereocenters. The molecule has 0 saturated carbocycles. The number of piperidine rings is 4. The van der Waals surface area contributed by atoms with Crippen LogP contribution in [0.3, 0.4) is 0 Å². The maximum absolute atomic E-state index is 12.3. The Kier molecular flexibility index (Phi) is 45.4. The predicted molar refractivity (Wildman–Crippen MR) is 547 cm³/mol. The number of nitrogen functional groups attached to an aromatic ring is 1. The van der Waals surface area contributed by atoms with E-state index < -0.39 is 28.3 Å². The number of nitriles is 2. The van der Waals surface area contributed by atoms with Crippen LogP contribution in [0.2, 0.25) is 35.2 Å². The Balaban J connectivity index is 0.000000251. The monoisotopic (exact) mass is 2060 g/mol. The van der Waals surface area contributed by atoms with Gasteiger partial charge < -0.3 is 76.4 Å². The van der Waals surface area contributed by atoms with E-state index in [1.807, 2.05) is 162 Å². The minimum atomic E-state index is -0.583. The Labute approximate surface area is 846 Å². The van der Waals surface area contributed by atoms with Crippen molar-refractivity contribution < 1.29 is 47.7 Å². The van der Waals surface area contributed by atoms with Crippen molar-refractivity contribution in [1.82, 2.24) is 48.7 Å². The van der Waals surface area contributed by atoms with Gasteiger partial charge in [0.15, 0.2) is 29.5 Å². The molecule has 13 rings (SSSR count). The summed E-state index contributed by atoms with van der Waals surface area (Å²) in [6.45, 7) is 53.9. The van der Waals surface area contributed by atoms with E-state index in [9.17, 15) is 29.2 Å². The van der Waals surface area contributed by atoms with Crippen molar-refractivity contribution in [3.63, 3.8) is 0 Å². The zero-order chi connectivity index (χ0) is 101. The molecular weight excluding hydrogens is 1940 g/mol. The third-order valence-electron chi connectivity index (χ3n) is 20.5. The van der Waals surface area contributed by atoms with Gasteiger partial charge in [-0.25, -0.2) is 19.7 Å². The fourth-order valence-corrected chi connectivity index (χ4v) is 17.4. The molecule has 4 saturated heterocycles. The SMILES string of the molecule is CC(C)(C)OC(=O)N[C@@H]1CCCNC1.Cc1c(Cl)c[n+]([O-])cc1Cl.Cc1c(Cl)cnc(C#N)c1Cl.Cc1c(Cl)cncc1Cl.Cc1c(N2CCC[C@@H](CC(=O)OC(C)(C)C)C2)cnc(C#N)c1Cl.Cc1cc(N)sn1.Cc1cc(Nc2c(C(N)=O)ncc(N3CCC[C@@H](CC(=O)OC(C)(C)C)C3)c2C)sn1.[C-]#[N+]c1ncc(N2CCC[C@@H](CC(=O)OC(C)(C)C)C2)c(C)c1Nc1cc(C)ns1. The van der Waals surface area contributed by atoms with Gasteiger partial charge in [0.2, 0.25) is 0 Å². The lowest BCUT2D eigenvalue weighted by atomic mass is 9.94. The third-order valence-corrected chi connectivity index (χ3v) is 25.6. The Morgan fingerprint density at radius 2 is 0.912 bits per heavy atom. The van der Waals surface area contributed by atoms with Crippen molar-refractivity contribution in [2.24, 2.45) is 23.5 Å². The summed E-state index contributed by atoms with van der Waals surface area (Å²) in [5, 5.41) is 46.6. The van der Waals surface area contributed by atoms with E-state index in [4.69, 9.17) is 129 Å². The highest BCUT2D eigenvalue weighted by Crippen LogP contribution is 2.41. The zero-order valence-electron chi connectivity index (χ0n) is 80.9. The molecule has 13 heterocycles. The molecule has 31 nitrogen and oxygen atoms in total. The molecule has 2 amide bonds. The first kappa shape index (κ1) is 115. The predicted octanol–water partition coefficient (Wildman–Crippen LogP) is 22.7. The quantitative estimate of drug-likeness (QED) is 0.0182. The summed E-state index contributed by atoms with van der Waals surface area (Å²) in [5.74, 6) is 0.0130. The summed E-state index contributed by atoms with van der Waals surface area (Å²) in [4.78, 5) is 90.7. The number of hydrogen-bond donors (Lipinski definition) is 6. The minimum Gasteiger partial charge on any atom is -0.619 e. The molecule has 41 heteroatoms. The van der Waals surface area contributed by atoms with Gasteiger partial charge in [0, 0.05) is 70.4 Å². The molecule has 0 aromatic carbocycles. The van der Waals surface area contributed by atoms with E-state index in [0.29, 0.717) is 76.2 Å². The highest BCUT2D eigenvalue weighted by Gasteiger charge is 2.33. The van der Waals surface area contributed by atoms with Gasteiger partial charge in [0.1, 0.15) is 65.8 Å². The highest BCUT2D eigenvalue weighted by atomic mass is 35.5. The molecule has 4 aliphatic heterocycles. The number of nitrogens with two attached hydrogens (primary N) is 2. The Hall–Kier alpha value is -10.0. The van der Waals surface area contributed by atoms with Crippen LogP contribution < -0.4 is 52.2 Å². The number of halogens is 7. The van der Waals surface area contributed by atoms with Gasteiger partial charge in [-0.3, -0.25) is 24.2 Å². The van der Waals surface area contributed by atoms with Crippen LogP contribution >= 0.6 is 116 Å². The maximum Gasteiger partial charge on any atom is 0.407 e. The lowest BCUT2D eigenvalue weighted by Gasteiger charge is -2.35. The van der Waals surface area contributed by atoms with Gasteiger partial charge in [-0.2, -0.15) is 28.4 Å². The van der Waals surface area contributed by atoms with Crippen LogP contribution in [0.4, 0.5) is 54.1 Å². The Bertz CT molecular complexity index is 5610. The average molecular weight is 2060 g/mol. The molecule has 136 heavy (non-hydrogen) atoms. The number of esters is 3. The second kappa shape index (κ2) is 53.8. The van der Waals surface area contributed by atoms with Crippen LogP contribution in [0.5, 0.6) is 0 Å². The molecule has 4 aliphatic rings. The smallest absolute Gasteiger partial charge is 0.407 e. The largest absolute Gasteiger partial charge is 0.619 e. The third kappa shape index (κ3) is 39.1. The second-order valence-corrected chi connectivity index (χ2v) is 42.1. The number of anilines is 8. The van der Waals surface area contributed by atoms with Gasteiger partial charge >= 0.3 is 24.0 Å². The van der Waals surface area contributed by atoms with Crippen molar-refractivity contribution in [2.45, 2.75) is 244 Å². The first-order chi connectivity index (χ1) is 63.6. The summed E-state index contributed by atoms with van der Waals surface area (Å²) >= 11 is 44.2. The van der Waals surface area contributed by atoms with Crippen LogP contribution in [0, 0.1) is 115 Å². The number of nitrogens with zero attached hydrogens (tertiary/aromatic N) is 15. The van der Waals surface area contributed by atoms with Crippen molar-refractivity contribution in [3.8, 4) is 12.1 Å². The lowest BCUT2D eigenvalue weighted by Crippen LogP contribution is -2.47. The number of amides is 2. The average Bonchev–Trinajstić information content (AvgIpc) is 1.37. The second-order valence-electron chi connectivity index (χ2n) is 36.9. The van der Waals surface area contributed by atoms with Crippen LogP contribution in [-0.2, 0) is 33.3 Å². The normalized spacial score (nSPS) is 15.7. The van der Waals surface area contributed by atoms with Crippen LogP contribution in [-0.4, -0.2) is 149 Å². The molecule has 0 aliphatic carbocycles. The van der Waals surface area contributed by atoms with E-state index in [1.54, 1.807) is 44.8 Å². The summed E-state index contributed by atoms with van der Waals surface area (Å²) < 4.78 is 34.7. The lowest BCUT2D eigenvalue weighted by molar-refractivity contribution is -0.605. The molecule has 9 aromatic rings. The van der Waals surface area contributed by atoms with E-state index in [-0.39, 0.29) is 64.9 Å². The fourth-order valence-electron chi connectivity index (χ4n) is 14.2. The Morgan fingerprint density at radius 1 is 0.522 bits per heavy atom. The molecule has 4 atom stereocenters. The van der Waals surface area contributed by atoms with Gasteiger partial charge in [0.25, 0.3) is 11.7 Å². The molecule has 0 radical (unpaired) electrons. The Morgan fingerprint density at radius 3 is 1.29 bits per heavy atom. The van der Waals surface area contributed by atoms with E-state index >= 15 is 0 Å². The maximum atomic E-state index is 12.3. The molecule has 8 N–H and O–H groups in total. The van der Waals surface area contributed by atoms with Crippen molar-refractivity contribution >= 4 is 195 Å². The summed E-state index contributed by atoms with van der Waals surface area (Å²) in [6.07, 6.45) is 21.3. The number of carbonyl (C=O) groups excluding carboxylic acids is 5. The number of primary amides is 1. The van der Waals surface area contributed by atoms with E-state index in [0.717, 1.165) is 186 Å². The van der Waals surface area contributed by atoms with Gasteiger partial charge in [-0.1, -0.05) is 87.8 Å². The number of nitrogens with one attached hydrogen (secondary N) is 4. The number of ether oxygens (including phenoxy) is 4. The first-order valence-electron chi connectivity index (χ1n) is 44.1. The number of carbonyl (C=O) groups is 5. The standard InChI is InChI=1S/C22H31N5O3S.C22H29N5O2S.C18H24ClN3O2.C10H20N2O2.C7H4Cl2N2.C6H5Cl2NO.C6H5Cl2N.C4H6N2S/c1-13-9-17(31-26-13)25-19-14(2)16(11-24-20(19)21(23)29)27-8-6-7-15(12-27)10-18(28)30-22(3,4)5;1-14-10-18(30-26-14)25-20-15(2)17(12-24-21(20)23-6)27-9-7-8-16(13-27)11-19(28)29-22(3,4)5;1-12-15(10-21-14(9-20)17(12)19)22-7-5-6-13(11-22)8-16(23)24-18(2,3)4;1-10(2,3)14-9(13)12-8-5-4-6-11-7-8;1-4-5(8)3-11-6(2-10)7(4)9;1-4-5(7)2-9(10)3-6(4)8;1-4-5(7)2-9-3-6(4)8;1-3-2-4(5)7-6-3/h9,11,15,25H,6-8,10,12H2,1-5H3,(H2,23,29);10,12,16,25H,7-9,11,13H2,1-5H3;10,13H,5-8,11H2,1-4H3;8,11H,4-7H2,1-3H3,(H,12,13);3H,1H3;2-3H,1H3;2-3H,1H3;2H,5H2,1H3/t15-;16-;13-;8-;;;;/m0001..../s1. The molecule has 736 valence electrons. The van der Waals surface area contributed by atoms with E-state index in [2.05, 4.69) is 78.9 Å². The number of pyridine rings is 6. The summed E-state index contributed by atoms with van der Waals surface area (Å²) in [5.41, 5.74) is 21.9. The molecular formula is C95H124Cl7N21O10S3. The number of alkyl carbamates (subject to hydrolysis) is 1. The number of hydrogen-bond acceptors (Lipinski definition) is 30. The fraction of sp³-hybridized carbons (Fsp3) is 0.505. The minimum absolute atomic E-state index is 0.143. The molecule has 0 spiro atoms. The number of rotatable bonds is 15. The van der Waals surface area contributed by atoms with Gasteiger partial charge in [-0.15, -0.1) is 4.98 Å². The first-order valence-corrected chi connectivity index (χ1v) is 49.0. The summed E-state index contributed by atoms with van der Waals surface area (Å²) in [6, 6.07) is 9.81. The highest BCUT2D eigenvalue weighted by molar-refractivity contribution is 7.10. The number of aromatic nitrogens is 9. The zero-order valence-corrected chi connectivity index (χ0v) is 88.7. The van der Waals surface area contributed by atoms with Crippen LogP contribution in [0.1, 0.15) is 226 Å². The van der Waals surface area contributed by atoms with Gasteiger partial charge in [0.05, 0.1) is 102 Å². The van der Waals surface area contributed by atoms with Crippen LogP contribution in [0.25, 0.3) is 4.85 Å². The van der Waals surface area contributed by atoms with Crippen LogP contribution in [0.15, 0.2) is 67.8 Å². The molecule has 9 aromatic heterocycles. The molecule has 0 bridgehead atoms. The van der Waals surface area contributed by atoms with Crippen molar-refractivity contribution in [3.05, 3.63) is 187 Å². The topological polar surface area (TPSA) is 414 Å². The van der Waals surface area contributed by atoms with Crippen molar-refractivity contribution in [1.29, 1.82) is 10.5 Å².